The summed E-state index contributed by atoms with van der Waals surface area (Å²) in [5, 5.41) is 2.65. The van der Waals surface area contributed by atoms with Crippen molar-refractivity contribution in [2.45, 2.75) is 52.4 Å². The molecule has 29 heavy (non-hydrogen) atoms. The van der Waals surface area contributed by atoms with Gasteiger partial charge in [-0.15, -0.1) is 0 Å². The SMILES string of the molecule is CC(C)(C)c1ccc2c(c1)c1cc(C(C)(C)C)ccc1n2-c1cc(I)ccc1Br. The van der Waals surface area contributed by atoms with E-state index < -0.39 is 0 Å². The average Bonchev–Trinajstić information content (AvgIpc) is 2.95. The molecule has 4 aromatic rings. The quantitative estimate of drug-likeness (QED) is 0.205. The molecule has 0 radical (unpaired) electrons. The van der Waals surface area contributed by atoms with Gasteiger partial charge in [0.2, 0.25) is 0 Å². The zero-order chi connectivity index (χ0) is 21.1. The first-order valence-electron chi connectivity index (χ1n) is 10.0. The van der Waals surface area contributed by atoms with Crippen molar-refractivity contribution in [1.29, 1.82) is 0 Å². The van der Waals surface area contributed by atoms with Gasteiger partial charge in [0.1, 0.15) is 0 Å². The van der Waals surface area contributed by atoms with Gasteiger partial charge in [0, 0.05) is 18.8 Å². The summed E-state index contributed by atoms with van der Waals surface area (Å²) in [6.07, 6.45) is 0. The minimum Gasteiger partial charge on any atom is -0.308 e. The number of aromatic nitrogens is 1. The van der Waals surface area contributed by atoms with Crippen LogP contribution in [0.25, 0.3) is 27.5 Å². The van der Waals surface area contributed by atoms with Crippen molar-refractivity contribution in [2.24, 2.45) is 0 Å². The molecule has 0 aliphatic rings. The predicted molar refractivity (Wildman–Crippen MR) is 139 cm³/mol. The van der Waals surface area contributed by atoms with E-state index in [1.165, 1.54) is 42.2 Å². The molecule has 0 spiro atoms. The third-order valence-electron chi connectivity index (χ3n) is 5.65. The van der Waals surface area contributed by atoms with Gasteiger partial charge in [-0.1, -0.05) is 53.7 Å². The Bertz CT molecular complexity index is 1160. The molecule has 0 atom stereocenters. The summed E-state index contributed by atoms with van der Waals surface area (Å²) in [6.45, 7) is 13.7. The summed E-state index contributed by atoms with van der Waals surface area (Å²) in [7, 11) is 0. The monoisotopic (exact) mass is 559 g/mol. The Kier molecular flexibility index (Phi) is 5.14. The molecule has 1 heterocycles. The van der Waals surface area contributed by atoms with E-state index in [1.54, 1.807) is 0 Å². The van der Waals surface area contributed by atoms with Crippen molar-refractivity contribution in [1.82, 2.24) is 4.57 Å². The Morgan fingerprint density at radius 1 is 0.690 bits per heavy atom. The Labute approximate surface area is 195 Å². The number of hydrogen-bond acceptors (Lipinski definition) is 0. The highest BCUT2D eigenvalue weighted by Crippen LogP contribution is 2.39. The van der Waals surface area contributed by atoms with Crippen LogP contribution >= 0.6 is 38.5 Å². The van der Waals surface area contributed by atoms with E-state index in [1.807, 2.05) is 0 Å². The highest BCUT2D eigenvalue weighted by Gasteiger charge is 2.21. The van der Waals surface area contributed by atoms with Crippen LogP contribution in [0.3, 0.4) is 0 Å². The van der Waals surface area contributed by atoms with E-state index >= 15 is 0 Å². The van der Waals surface area contributed by atoms with E-state index in [-0.39, 0.29) is 10.8 Å². The number of rotatable bonds is 1. The number of benzene rings is 3. The van der Waals surface area contributed by atoms with E-state index in [0.717, 1.165) is 4.47 Å². The average molecular weight is 560 g/mol. The van der Waals surface area contributed by atoms with Crippen molar-refractivity contribution in [2.75, 3.05) is 0 Å². The Hall–Kier alpha value is -1.33. The molecule has 0 fully saturated rings. The van der Waals surface area contributed by atoms with Crippen LogP contribution in [0, 0.1) is 3.57 Å². The maximum atomic E-state index is 3.79. The second kappa shape index (κ2) is 7.12. The summed E-state index contributed by atoms with van der Waals surface area (Å²) in [5.74, 6) is 0. The molecule has 0 aliphatic carbocycles. The van der Waals surface area contributed by atoms with Crippen molar-refractivity contribution in [3.05, 3.63) is 73.8 Å². The van der Waals surface area contributed by atoms with Gasteiger partial charge >= 0.3 is 0 Å². The fourth-order valence-electron chi connectivity index (χ4n) is 3.87. The summed E-state index contributed by atoms with van der Waals surface area (Å²) >= 11 is 6.18. The van der Waals surface area contributed by atoms with E-state index in [2.05, 4.69) is 139 Å². The highest BCUT2D eigenvalue weighted by molar-refractivity contribution is 14.1. The maximum absolute atomic E-state index is 3.79. The van der Waals surface area contributed by atoms with Gasteiger partial charge in [-0.25, -0.2) is 0 Å². The van der Waals surface area contributed by atoms with Gasteiger partial charge < -0.3 is 4.57 Å². The number of nitrogens with zero attached hydrogens (tertiary/aromatic N) is 1. The van der Waals surface area contributed by atoms with E-state index in [0.29, 0.717) is 0 Å². The molecule has 150 valence electrons. The van der Waals surface area contributed by atoms with Crippen LogP contribution in [-0.4, -0.2) is 4.57 Å². The van der Waals surface area contributed by atoms with Crippen LogP contribution in [0.15, 0.2) is 59.1 Å². The largest absolute Gasteiger partial charge is 0.308 e. The van der Waals surface area contributed by atoms with Crippen molar-refractivity contribution >= 4 is 60.3 Å². The van der Waals surface area contributed by atoms with E-state index in [9.17, 15) is 0 Å². The first-order chi connectivity index (χ1) is 13.5. The minimum atomic E-state index is 0.118. The lowest BCUT2D eigenvalue weighted by atomic mass is 9.85. The molecule has 4 rings (SSSR count). The van der Waals surface area contributed by atoms with Gasteiger partial charge in [0.15, 0.2) is 0 Å². The molecule has 0 aliphatic heterocycles. The summed E-state index contributed by atoms with van der Waals surface area (Å²) in [6, 6.07) is 20.5. The van der Waals surface area contributed by atoms with Crippen LogP contribution in [0.5, 0.6) is 0 Å². The van der Waals surface area contributed by atoms with E-state index in [4.69, 9.17) is 0 Å². The van der Waals surface area contributed by atoms with Crippen LogP contribution in [0.4, 0.5) is 0 Å². The van der Waals surface area contributed by atoms with Crippen LogP contribution < -0.4 is 0 Å². The highest BCUT2D eigenvalue weighted by atomic mass is 127. The zero-order valence-corrected chi connectivity index (χ0v) is 21.6. The molecule has 1 aromatic heterocycles. The fraction of sp³-hybridized carbons (Fsp3) is 0.308. The normalized spacial score (nSPS) is 12.8. The lowest BCUT2D eigenvalue weighted by Gasteiger charge is -2.19. The first-order valence-corrected chi connectivity index (χ1v) is 11.9. The lowest BCUT2D eigenvalue weighted by molar-refractivity contribution is 0.590. The molecule has 3 heteroatoms. The van der Waals surface area contributed by atoms with Crippen molar-refractivity contribution in [3.63, 3.8) is 0 Å². The van der Waals surface area contributed by atoms with Gasteiger partial charge in [0.05, 0.1) is 16.7 Å². The molecular weight excluding hydrogens is 533 g/mol. The summed E-state index contributed by atoms with van der Waals surface area (Å²) in [5.41, 5.74) is 6.66. The molecule has 0 amide bonds. The Balaban J connectivity index is 2.16. The number of hydrogen-bond donors (Lipinski definition) is 0. The third kappa shape index (κ3) is 3.76. The predicted octanol–water partition coefficient (Wildman–Crippen LogP) is 8.75. The minimum absolute atomic E-state index is 0.118. The molecule has 0 saturated heterocycles. The second-order valence-electron chi connectivity index (χ2n) is 9.90. The Morgan fingerprint density at radius 2 is 1.17 bits per heavy atom. The Morgan fingerprint density at radius 3 is 1.62 bits per heavy atom. The van der Waals surface area contributed by atoms with Crippen molar-refractivity contribution in [3.8, 4) is 5.69 Å². The molecule has 0 saturated carbocycles. The fourth-order valence-corrected chi connectivity index (χ4v) is 4.77. The molecule has 0 bridgehead atoms. The van der Waals surface area contributed by atoms with Crippen LogP contribution in [0.1, 0.15) is 52.7 Å². The lowest BCUT2D eigenvalue weighted by Crippen LogP contribution is -2.10. The van der Waals surface area contributed by atoms with Gasteiger partial charge in [-0.3, -0.25) is 0 Å². The third-order valence-corrected chi connectivity index (χ3v) is 6.99. The molecule has 0 N–H and O–H groups in total. The van der Waals surface area contributed by atoms with Gasteiger partial charge in [-0.2, -0.15) is 0 Å². The maximum Gasteiger partial charge on any atom is 0.0614 e. The molecule has 0 unspecified atom stereocenters. The molecule has 3 aromatic carbocycles. The van der Waals surface area contributed by atoms with Gasteiger partial charge in [-0.05, 0) is 103 Å². The topological polar surface area (TPSA) is 4.93 Å². The van der Waals surface area contributed by atoms with Gasteiger partial charge in [0.25, 0.3) is 0 Å². The smallest absolute Gasteiger partial charge is 0.0614 e. The first kappa shape index (κ1) is 20.9. The van der Waals surface area contributed by atoms with Crippen LogP contribution in [0.2, 0.25) is 0 Å². The molecule has 1 nitrogen and oxygen atoms in total. The standard InChI is InChI=1S/C26H27BrIN/c1-25(2,3)16-7-11-22-19(13-16)20-14-17(26(4,5)6)8-12-23(20)29(22)24-15-18(28)9-10-21(24)27/h7-15H,1-6H3. The summed E-state index contributed by atoms with van der Waals surface area (Å²) < 4.78 is 4.74. The molecular formula is C26H27BrIN. The number of halogens is 2. The zero-order valence-electron chi connectivity index (χ0n) is 17.9. The van der Waals surface area contributed by atoms with Crippen molar-refractivity contribution < 1.29 is 0 Å². The van der Waals surface area contributed by atoms with Crippen LogP contribution in [-0.2, 0) is 10.8 Å². The second-order valence-corrected chi connectivity index (χ2v) is 12.0. The number of fused-ring (bicyclic) bond motifs is 3. The summed E-state index contributed by atoms with van der Waals surface area (Å²) in [4.78, 5) is 0.